The Kier molecular flexibility index (Phi) is 3.43. The first-order chi connectivity index (χ1) is 9.78. The summed E-state index contributed by atoms with van der Waals surface area (Å²) in [4.78, 5) is 24.0. The van der Waals surface area contributed by atoms with Crippen molar-refractivity contribution in [3.05, 3.63) is 48.0 Å². The van der Waals surface area contributed by atoms with Crippen LogP contribution in [-0.2, 0) is 4.79 Å². The summed E-state index contributed by atoms with van der Waals surface area (Å²) >= 11 is 1.56. The molecule has 0 aromatic heterocycles. The molecule has 0 unspecified atom stereocenters. The Balaban J connectivity index is 1.88. The molecule has 0 aliphatic carbocycles. The van der Waals surface area contributed by atoms with E-state index < -0.39 is 0 Å². The van der Waals surface area contributed by atoms with Crippen molar-refractivity contribution in [2.24, 2.45) is 0 Å². The van der Waals surface area contributed by atoms with Crippen molar-refractivity contribution >= 4 is 24.0 Å². The fourth-order valence-corrected chi connectivity index (χ4v) is 2.90. The molecule has 1 aliphatic rings. The number of fused-ring (bicyclic) bond motifs is 2. The maximum atomic E-state index is 11.8. The van der Waals surface area contributed by atoms with Crippen molar-refractivity contribution in [1.82, 2.24) is 5.32 Å². The molecule has 0 atom stereocenters. The zero-order valence-corrected chi connectivity index (χ0v) is 11.3. The van der Waals surface area contributed by atoms with Crippen molar-refractivity contribution in [2.45, 2.75) is 9.79 Å². The average molecular weight is 285 g/mol. The van der Waals surface area contributed by atoms with Gasteiger partial charge in [0.15, 0.2) is 0 Å². The summed E-state index contributed by atoms with van der Waals surface area (Å²) < 4.78 is 5.78. The summed E-state index contributed by atoms with van der Waals surface area (Å²) in [6.45, 7) is 0.0163. The lowest BCUT2D eigenvalue weighted by molar-refractivity contribution is -0.107. The highest BCUT2D eigenvalue weighted by molar-refractivity contribution is 7.99. The van der Waals surface area contributed by atoms with Gasteiger partial charge in [0.1, 0.15) is 17.8 Å². The van der Waals surface area contributed by atoms with E-state index in [-0.39, 0.29) is 12.5 Å². The van der Waals surface area contributed by atoms with E-state index in [2.05, 4.69) is 5.32 Å². The second-order valence-electron chi connectivity index (χ2n) is 4.19. The number of nitrogens with one attached hydrogen (secondary N) is 1. The van der Waals surface area contributed by atoms with E-state index in [0.717, 1.165) is 21.3 Å². The lowest BCUT2D eigenvalue weighted by Crippen LogP contribution is -2.25. The Morgan fingerprint density at radius 3 is 2.80 bits per heavy atom. The predicted molar refractivity (Wildman–Crippen MR) is 75.5 cm³/mol. The minimum atomic E-state index is -0.264. The third kappa shape index (κ3) is 2.40. The van der Waals surface area contributed by atoms with Crippen LogP contribution < -0.4 is 10.1 Å². The first kappa shape index (κ1) is 12.7. The van der Waals surface area contributed by atoms with E-state index in [1.54, 1.807) is 30.0 Å². The van der Waals surface area contributed by atoms with Gasteiger partial charge in [0.25, 0.3) is 5.91 Å². The van der Waals surface area contributed by atoms with Crippen LogP contribution in [0.5, 0.6) is 11.5 Å². The number of ether oxygens (including phenoxy) is 1. The topological polar surface area (TPSA) is 55.4 Å². The molecule has 2 aromatic carbocycles. The molecule has 2 aromatic rings. The molecule has 4 nitrogen and oxygen atoms in total. The predicted octanol–water partition coefficient (Wildman–Crippen LogP) is 2.87. The van der Waals surface area contributed by atoms with Gasteiger partial charge in [-0.15, -0.1) is 0 Å². The molecule has 0 saturated carbocycles. The van der Waals surface area contributed by atoms with Crippen LogP contribution in [0.15, 0.2) is 52.3 Å². The van der Waals surface area contributed by atoms with Crippen molar-refractivity contribution in [1.29, 1.82) is 0 Å². The van der Waals surface area contributed by atoms with Gasteiger partial charge in [0, 0.05) is 5.56 Å². The normalized spacial score (nSPS) is 11.8. The third-order valence-corrected chi connectivity index (χ3v) is 3.94. The number of benzene rings is 2. The second kappa shape index (κ2) is 5.38. The van der Waals surface area contributed by atoms with E-state index in [4.69, 9.17) is 4.74 Å². The monoisotopic (exact) mass is 285 g/mol. The number of hydrogen-bond donors (Lipinski definition) is 1. The largest absolute Gasteiger partial charge is 0.455 e. The van der Waals surface area contributed by atoms with Gasteiger partial charge in [-0.2, -0.15) is 0 Å². The lowest BCUT2D eigenvalue weighted by atomic mass is 10.2. The summed E-state index contributed by atoms with van der Waals surface area (Å²) in [5, 5.41) is 2.52. The van der Waals surface area contributed by atoms with E-state index in [1.807, 2.05) is 24.3 Å². The van der Waals surface area contributed by atoms with Crippen molar-refractivity contribution in [3.63, 3.8) is 0 Å². The SMILES string of the molecule is O=CCNC(=O)c1ccc2c(c1)Sc1ccccc1O2. The van der Waals surface area contributed by atoms with Crippen molar-refractivity contribution in [3.8, 4) is 11.5 Å². The molecule has 20 heavy (non-hydrogen) atoms. The third-order valence-electron chi connectivity index (χ3n) is 2.84. The fourth-order valence-electron chi connectivity index (χ4n) is 1.91. The van der Waals surface area contributed by atoms with E-state index >= 15 is 0 Å². The molecule has 1 aliphatic heterocycles. The molecule has 1 N–H and O–H groups in total. The molecule has 100 valence electrons. The summed E-state index contributed by atoms with van der Waals surface area (Å²) in [6, 6.07) is 13.0. The number of aldehydes is 1. The molecule has 1 amide bonds. The van der Waals surface area contributed by atoms with Gasteiger partial charge < -0.3 is 14.8 Å². The highest BCUT2D eigenvalue weighted by Crippen LogP contribution is 2.46. The Hall–Kier alpha value is -2.27. The number of rotatable bonds is 3. The van der Waals surface area contributed by atoms with Gasteiger partial charge in [-0.05, 0) is 30.3 Å². The molecule has 0 fully saturated rings. The number of carbonyl (C=O) groups excluding carboxylic acids is 2. The van der Waals surface area contributed by atoms with Crippen LogP contribution in [0.3, 0.4) is 0 Å². The minimum absolute atomic E-state index is 0.0163. The summed E-state index contributed by atoms with van der Waals surface area (Å²) in [5.74, 6) is 1.29. The van der Waals surface area contributed by atoms with E-state index in [1.165, 1.54) is 0 Å². The number of amides is 1. The zero-order chi connectivity index (χ0) is 13.9. The van der Waals surface area contributed by atoms with Crippen LogP contribution in [-0.4, -0.2) is 18.7 Å². The van der Waals surface area contributed by atoms with E-state index in [0.29, 0.717) is 11.8 Å². The molecular formula is C15H11NO3S. The number of carbonyl (C=O) groups is 2. The van der Waals surface area contributed by atoms with Crippen LogP contribution in [0, 0.1) is 0 Å². The number of hydrogen-bond acceptors (Lipinski definition) is 4. The van der Waals surface area contributed by atoms with Crippen LogP contribution in [0.25, 0.3) is 0 Å². The lowest BCUT2D eigenvalue weighted by Gasteiger charge is -2.19. The Labute approximate surface area is 120 Å². The molecular weight excluding hydrogens is 274 g/mol. The first-order valence-electron chi connectivity index (χ1n) is 6.08. The summed E-state index contributed by atoms with van der Waals surface area (Å²) in [5.41, 5.74) is 0.515. The second-order valence-corrected chi connectivity index (χ2v) is 5.27. The maximum Gasteiger partial charge on any atom is 0.251 e. The van der Waals surface area contributed by atoms with Crippen LogP contribution in [0.4, 0.5) is 0 Å². The van der Waals surface area contributed by atoms with Gasteiger partial charge in [-0.25, -0.2) is 0 Å². The first-order valence-corrected chi connectivity index (χ1v) is 6.90. The average Bonchev–Trinajstić information content (AvgIpc) is 2.50. The van der Waals surface area contributed by atoms with Gasteiger partial charge in [0.05, 0.1) is 16.3 Å². The van der Waals surface area contributed by atoms with Crippen molar-refractivity contribution < 1.29 is 14.3 Å². The highest BCUT2D eigenvalue weighted by Gasteiger charge is 2.18. The van der Waals surface area contributed by atoms with Crippen LogP contribution in [0.1, 0.15) is 10.4 Å². The smallest absolute Gasteiger partial charge is 0.251 e. The summed E-state index contributed by atoms with van der Waals surface area (Å²) in [7, 11) is 0. The van der Waals surface area contributed by atoms with Gasteiger partial charge in [0.2, 0.25) is 0 Å². The van der Waals surface area contributed by atoms with Crippen molar-refractivity contribution in [2.75, 3.05) is 6.54 Å². The van der Waals surface area contributed by atoms with Gasteiger partial charge in [-0.3, -0.25) is 4.79 Å². The summed E-state index contributed by atoms with van der Waals surface area (Å²) in [6.07, 6.45) is 0.657. The fraction of sp³-hybridized carbons (Fsp3) is 0.0667. The van der Waals surface area contributed by atoms with Crippen LogP contribution in [0.2, 0.25) is 0 Å². The quantitative estimate of drug-likeness (QED) is 0.752. The zero-order valence-electron chi connectivity index (χ0n) is 10.5. The molecule has 0 radical (unpaired) electrons. The van der Waals surface area contributed by atoms with E-state index in [9.17, 15) is 9.59 Å². The Bertz CT molecular complexity index is 685. The standard InChI is InChI=1S/C15H11NO3S/c17-8-7-16-15(18)10-5-6-12-14(9-10)20-13-4-2-1-3-11(13)19-12/h1-6,8-9H,7H2,(H,16,18). The van der Waals surface area contributed by atoms with Crippen LogP contribution >= 0.6 is 11.8 Å². The van der Waals surface area contributed by atoms with Gasteiger partial charge in [-0.1, -0.05) is 23.9 Å². The molecule has 0 bridgehead atoms. The Morgan fingerprint density at radius 2 is 1.95 bits per heavy atom. The highest BCUT2D eigenvalue weighted by atomic mass is 32.2. The molecule has 0 spiro atoms. The molecule has 5 heteroatoms. The molecule has 1 heterocycles. The molecule has 3 rings (SSSR count). The maximum absolute atomic E-state index is 11.8. The Morgan fingerprint density at radius 1 is 1.15 bits per heavy atom. The number of para-hydroxylation sites is 1. The minimum Gasteiger partial charge on any atom is -0.455 e. The van der Waals surface area contributed by atoms with Gasteiger partial charge >= 0.3 is 0 Å². The molecule has 0 saturated heterocycles.